The van der Waals surface area contributed by atoms with Crippen LogP contribution in [-0.4, -0.2) is 0 Å². The number of fused-ring (bicyclic) bond motifs is 9. The molecule has 0 N–H and O–H groups in total. The van der Waals surface area contributed by atoms with Gasteiger partial charge in [-0.05, 0) is 55.6 Å². The van der Waals surface area contributed by atoms with E-state index in [0.29, 0.717) is 31.6 Å². The van der Waals surface area contributed by atoms with Crippen LogP contribution < -0.4 is 10.9 Å². The highest BCUT2D eigenvalue weighted by Crippen LogP contribution is 2.57. The van der Waals surface area contributed by atoms with Crippen LogP contribution in [0.15, 0.2) is 82.4 Å². The van der Waals surface area contributed by atoms with Gasteiger partial charge in [0.1, 0.15) is 0 Å². The molecule has 0 radical (unpaired) electrons. The number of hydrogen-bond donors (Lipinski definition) is 0. The van der Waals surface area contributed by atoms with Crippen molar-refractivity contribution in [2.24, 2.45) is 0 Å². The smallest absolute Gasteiger partial charge is 0.195 e. The third kappa shape index (κ3) is 1.94. The summed E-state index contributed by atoms with van der Waals surface area (Å²) in [5.74, 6) is 0. The van der Waals surface area contributed by atoms with E-state index in [1.54, 1.807) is 0 Å². The Morgan fingerprint density at radius 3 is 1.15 bits per heavy atom. The maximum absolute atomic E-state index is 13.5. The molecule has 4 aliphatic rings. The van der Waals surface area contributed by atoms with Crippen LogP contribution in [0.5, 0.6) is 0 Å². The number of benzene rings is 6. The van der Waals surface area contributed by atoms with Crippen molar-refractivity contribution in [2.45, 2.75) is 0 Å². The topological polar surface area (TPSA) is 34.1 Å². The molecule has 158 valence electrons. The van der Waals surface area contributed by atoms with E-state index in [4.69, 9.17) is 23.2 Å². The van der Waals surface area contributed by atoms with Crippen molar-refractivity contribution < 1.29 is 0 Å². The lowest BCUT2D eigenvalue weighted by Crippen LogP contribution is -2.06. The fourth-order valence-corrected chi connectivity index (χ4v) is 6.67. The first kappa shape index (κ1) is 18.7. The first-order chi connectivity index (χ1) is 16.6. The summed E-state index contributed by atoms with van der Waals surface area (Å²) in [6, 6.07) is 23.0. The van der Waals surface area contributed by atoms with Gasteiger partial charge in [0.05, 0.1) is 10.0 Å². The molecule has 0 aromatic heterocycles. The Hall–Kier alpha value is -3.72. The predicted molar refractivity (Wildman–Crippen MR) is 143 cm³/mol. The second-order valence-corrected chi connectivity index (χ2v) is 9.75. The molecule has 4 aromatic carbocycles. The van der Waals surface area contributed by atoms with E-state index in [1.165, 1.54) is 0 Å². The Kier molecular flexibility index (Phi) is 3.32. The highest BCUT2D eigenvalue weighted by molar-refractivity contribution is 6.46. The Labute approximate surface area is 202 Å². The Morgan fingerprint density at radius 1 is 0.382 bits per heavy atom. The lowest BCUT2D eigenvalue weighted by atomic mass is 9.89. The first-order valence-corrected chi connectivity index (χ1v) is 11.8. The summed E-state index contributed by atoms with van der Waals surface area (Å²) in [4.78, 5) is 27.1. The van der Waals surface area contributed by atoms with Gasteiger partial charge in [-0.3, -0.25) is 9.59 Å². The molecule has 0 spiro atoms. The molecule has 0 amide bonds. The molecule has 34 heavy (non-hydrogen) atoms. The van der Waals surface area contributed by atoms with Crippen molar-refractivity contribution >= 4 is 77.1 Å². The largest absolute Gasteiger partial charge is 0.289 e. The van der Waals surface area contributed by atoms with E-state index >= 15 is 0 Å². The lowest BCUT2D eigenvalue weighted by Gasteiger charge is -2.14. The molecule has 0 saturated heterocycles. The third-order valence-corrected chi connectivity index (χ3v) is 8.06. The summed E-state index contributed by atoms with van der Waals surface area (Å²) in [7, 11) is 0. The van der Waals surface area contributed by atoms with E-state index in [2.05, 4.69) is 0 Å². The molecule has 4 aliphatic carbocycles. The zero-order valence-corrected chi connectivity index (χ0v) is 19.0. The minimum absolute atomic E-state index is 0.0522. The average Bonchev–Trinajstić information content (AvgIpc) is 3.36. The summed E-state index contributed by atoms with van der Waals surface area (Å²) in [5.41, 5.74) is 3.70. The van der Waals surface area contributed by atoms with Crippen LogP contribution in [0.3, 0.4) is 0 Å². The van der Waals surface area contributed by atoms with Crippen molar-refractivity contribution in [2.75, 3.05) is 0 Å². The number of halogens is 2. The third-order valence-electron chi connectivity index (χ3n) is 7.43. The molecular weight excluding hydrogens is 463 g/mol. The van der Waals surface area contributed by atoms with Crippen molar-refractivity contribution in [1.29, 1.82) is 0 Å². The Morgan fingerprint density at radius 2 is 0.735 bits per heavy atom. The fourth-order valence-electron chi connectivity index (χ4n) is 6.18. The molecular formula is C30H12Cl2O2. The van der Waals surface area contributed by atoms with Crippen molar-refractivity contribution in [3.63, 3.8) is 0 Å². The standard InChI is InChI=1S/C30H12Cl2O2/c31-19-12-10-18-24-22-14-6-2-4-8-16(14)30(34)28-20(32)11-9-17(26(22)28)23(24)21-13-5-1-3-7-15(13)29(33)27(19)25(18)21/h1-12H. The van der Waals surface area contributed by atoms with Gasteiger partial charge in [0.2, 0.25) is 0 Å². The average molecular weight is 475 g/mol. The normalized spacial score (nSPS) is 12.6. The van der Waals surface area contributed by atoms with Crippen LogP contribution >= 0.6 is 23.2 Å². The summed E-state index contributed by atoms with van der Waals surface area (Å²) in [6.07, 6.45) is 0. The van der Waals surface area contributed by atoms with Gasteiger partial charge in [-0.1, -0.05) is 83.9 Å². The van der Waals surface area contributed by atoms with Crippen LogP contribution in [0.2, 0.25) is 10.0 Å². The lowest BCUT2D eigenvalue weighted by molar-refractivity contribution is 1.68. The van der Waals surface area contributed by atoms with E-state index in [-0.39, 0.29) is 10.9 Å². The fraction of sp³-hybridized carbons (Fsp3) is 0. The van der Waals surface area contributed by atoms with Gasteiger partial charge >= 0.3 is 0 Å². The Bertz CT molecular complexity index is 2020. The molecule has 2 nitrogen and oxygen atoms in total. The van der Waals surface area contributed by atoms with E-state index in [0.717, 1.165) is 54.6 Å². The van der Waals surface area contributed by atoms with Gasteiger partial charge in [0.15, 0.2) is 10.9 Å². The minimum Gasteiger partial charge on any atom is -0.289 e. The van der Waals surface area contributed by atoms with E-state index in [1.807, 2.05) is 72.8 Å². The summed E-state index contributed by atoms with van der Waals surface area (Å²) in [5, 5.41) is 9.16. The second-order valence-electron chi connectivity index (χ2n) is 8.94. The molecule has 0 unspecified atom stereocenters. The Balaban J connectivity index is 1.86. The molecule has 8 rings (SSSR count). The number of hydrogen-bond acceptors (Lipinski definition) is 2. The summed E-state index contributed by atoms with van der Waals surface area (Å²) in [6.45, 7) is 0. The molecule has 4 heteroatoms. The minimum atomic E-state index is -0.0522. The van der Waals surface area contributed by atoms with Crippen molar-refractivity contribution in [1.82, 2.24) is 0 Å². The van der Waals surface area contributed by atoms with Gasteiger partial charge in [0, 0.05) is 32.7 Å². The zero-order valence-electron chi connectivity index (χ0n) is 17.5. The van der Waals surface area contributed by atoms with Gasteiger partial charge in [-0.2, -0.15) is 0 Å². The van der Waals surface area contributed by atoms with Gasteiger partial charge in [0.25, 0.3) is 0 Å². The summed E-state index contributed by atoms with van der Waals surface area (Å²) >= 11 is 13.3. The molecule has 0 heterocycles. The zero-order chi connectivity index (χ0) is 22.9. The van der Waals surface area contributed by atoms with Crippen LogP contribution in [0.25, 0.3) is 76.1 Å². The monoisotopic (exact) mass is 474 g/mol. The van der Waals surface area contributed by atoms with Crippen LogP contribution in [0, 0.1) is 0 Å². The molecule has 0 saturated carbocycles. The molecule has 4 aromatic rings. The number of rotatable bonds is 0. The highest BCUT2D eigenvalue weighted by Gasteiger charge is 2.32. The SMILES string of the molecule is O=c1c2c(Cl)ccc3c2-c(c2ccccc12)c1c2ccc(Cl)c4c2-c(c2ccccc2c4=O)c31. The molecule has 0 fully saturated rings. The van der Waals surface area contributed by atoms with Crippen molar-refractivity contribution in [3.8, 4) is 22.3 Å². The first-order valence-electron chi connectivity index (χ1n) is 11.0. The van der Waals surface area contributed by atoms with Crippen molar-refractivity contribution in [3.05, 3.63) is 103 Å². The second kappa shape index (κ2) is 6.04. The highest BCUT2D eigenvalue weighted by atomic mass is 35.5. The van der Waals surface area contributed by atoms with E-state index in [9.17, 15) is 9.59 Å². The molecule has 0 bridgehead atoms. The molecule has 0 atom stereocenters. The maximum Gasteiger partial charge on any atom is 0.195 e. The van der Waals surface area contributed by atoms with Gasteiger partial charge in [-0.25, -0.2) is 0 Å². The summed E-state index contributed by atoms with van der Waals surface area (Å²) < 4.78 is 0. The van der Waals surface area contributed by atoms with Crippen LogP contribution in [0.4, 0.5) is 0 Å². The van der Waals surface area contributed by atoms with Crippen LogP contribution in [0.1, 0.15) is 0 Å². The van der Waals surface area contributed by atoms with Gasteiger partial charge in [-0.15, -0.1) is 0 Å². The van der Waals surface area contributed by atoms with Gasteiger partial charge < -0.3 is 0 Å². The van der Waals surface area contributed by atoms with Crippen LogP contribution in [-0.2, 0) is 0 Å². The predicted octanol–water partition coefficient (Wildman–Crippen LogP) is 8.00. The quantitative estimate of drug-likeness (QED) is 0.208. The van der Waals surface area contributed by atoms with E-state index < -0.39 is 0 Å². The maximum atomic E-state index is 13.5. The molecule has 0 aliphatic heterocycles.